The monoisotopic (exact) mass is 320 g/mol. The minimum absolute atomic E-state index is 0.0259. The van der Waals surface area contributed by atoms with E-state index in [-0.39, 0.29) is 36.1 Å². The van der Waals surface area contributed by atoms with Gasteiger partial charge in [0.25, 0.3) is 0 Å². The van der Waals surface area contributed by atoms with Crippen LogP contribution in [0.4, 0.5) is 4.39 Å². The predicted molar refractivity (Wildman–Crippen MR) is 82.0 cm³/mol. The zero-order valence-corrected chi connectivity index (χ0v) is 13.2. The lowest BCUT2D eigenvalue weighted by molar-refractivity contribution is -0.149. The second-order valence-corrected chi connectivity index (χ2v) is 6.20. The van der Waals surface area contributed by atoms with E-state index in [1.165, 1.54) is 12.1 Å². The van der Waals surface area contributed by atoms with E-state index in [2.05, 4.69) is 0 Å². The highest BCUT2D eigenvalue weighted by Gasteiger charge is 2.34. The summed E-state index contributed by atoms with van der Waals surface area (Å²) in [7, 11) is 1.77. The Labute approximate surface area is 135 Å². The maximum Gasteiger partial charge on any atom is 0.226 e. The van der Waals surface area contributed by atoms with Gasteiger partial charge in [0.1, 0.15) is 11.9 Å². The van der Waals surface area contributed by atoms with Gasteiger partial charge in [-0.1, -0.05) is 12.1 Å². The Morgan fingerprint density at radius 1 is 1.26 bits per heavy atom. The van der Waals surface area contributed by atoms with Gasteiger partial charge in [-0.3, -0.25) is 9.59 Å². The van der Waals surface area contributed by atoms with Crippen LogP contribution in [0.5, 0.6) is 0 Å². The number of carbonyl (C=O) groups is 2. The van der Waals surface area contributed by atoms with Crippen molar-refractivity contribution in [2.24, 2.45) is 5.92 Å². The van der Waals surface area contributed by atoms with Gasteiger partial charge < -0.3 is 14.5 Å². The third-order valence-corrected chi connectivity index (χ3v) is 4.63. The van der Waals surface area contributed by atoms with Crippen LogP contribution in [-0.2, 0) is 14.3 Å². The molecule has 2 aliphatic heterocycles. The molecule has 0 bridgehead atoms. The Morgan fingerprint density at radius 2 is 2.00 bits per heavy atom. The summed E-state index contributed by atoms with van der Waals surface area (Å²) < 4.78 is 18.7. The smallest absolute Gasteiger partial charge is 0.226 e. The van der Waals surface area contributed by atoms with Gasteiger partial charge in [0.05, 0.1) is 13.2 Å². The number of rotatable bonds is 2. The van der Waals surface area contributed by atoms with Gasteiger partial charge in [-0.15, -0.1) is 0 Å². The molecule has 2 amide bonds. The second-order valence-electron chi connectivity index (χ2n) is 6.20. The third kappa shape index (κ3) is 3.52. The Hall–Kier alpha value is -1.95. The van der Waals surface area contributed by atoms with Crippen LogP contribution in [0.3, 0.4) is 0 Å². The van der Waals surface area contributed by atoms with Crippen molar-refractivity contribution in [3.8, 4) is 0 Å². The van der Waals surface area contributed by atoms with Crippen molar-refractivity contribution in [1.29, 1.82) is 0 Å². The first kappa shape index (κ1) is 15.9. The van der Waals surface area contributed by atoms with Crippen molar-refractivity contribution in [3.05, 3.63) is 35.6 Å². The van der Waals surface area contributed by atoms with Crippen molar-refractivity contribution in [2.75, 3.05) is 33.3 Å². The summed E-state index contributed by atoms with van der Waals surface area (Å²) in [5, 5.41) is 0. The van der Waals surface area contributed by atoms with Crippen LogP contribution in [0.2, 0.25) is 0 Å². The fourth-order valence-electron chi connectivity index (χ4n) is 3.14. The first-order valence-corrected chi connectivity index (χ1v) is 7.94. The summed E-state index contributed by atoms with van der Waals surface area (Å²) in [6.45, 7) is 2.07. The standard InChI is InChI=1S/C17H21FN2O3/c1-19-7-6-13(10-16(19)21)17(22)20-8-9-23-15(11-20)12-2-4-14(18)5-3-12/h2-5,13,15H,6-11H2,1H3/t13-,15+/m0/s1. The molecule has 1 aromatic carbocycles. The molecular formula is C17H21FN2O3. The lowest BCUT2D eigenvalue weighted by atomic mass is 9.94. The maximum atomic E-state index is 13.0. The molecule has 0 N–H and O–H groups in total. The Morgan fingerprint density at radius 3 is 2.70 bits per heavy atom. The van der Waals surface area contributed by atoms with Crippen LogP contribution < -0.4 is 0 Å². The van der Waals surface area contributed by atoms with Crippen LogP contribution in [0, 0.1) is 11.7 Å². The van der Waals surface area contributed by atoms with Gasteiger partial charge in [-0.05, 0) is 24.1 Å². The number of halogens is 1. The molecule has 0 spiro atoms. The topological polar surface area (TPSA) is 49.9 Å². The molecule has 6 heteroatoms. The summed E-state index contributed by atoms with van der Waals surface area (Å²) in [6.07, 6.45) is 0.753. The Balaban J connectivity index is 1.65. The number of morpholine rings is 1. The number of piperidine rings is 1. The van der Waals surface area contributed by atoms with Crippen molar-refractivity contribution >= 4 is 11.8 Å². The molecule has 0 saturated carbocycles. The van der Waals surface area contributed by atoms with Crippen molar-refractivity contribution in [2.45, 2.75) is 18.9 Å². The highest BCUT2D eigenvalue weighted by molar-refractivity contribution is 5.87. The van der Waals surface area contributed by atoms with E-state index in [0.717, 1.165) is 5.56 Å². The summed E-state index contributed by atoms with van der Waals surface area (Å²) in [5.74, 6) is -0.465. The SMILES string of the molecule is CN1CC[C@H](C(=O)N2CCO[C@@H](c3ccc(F)cc3)C2)CC1=O. The fourth-order valence-corrected chi connectivity index (χ4v) is 3.14. The van der Waals surface area contributed by atoms with E-state index in [1.807, 2.05) is 0 Å². The predicted octanol–water partition coefficient (Wildman–Crippen LogP) is 1.59. The van der Waals surface area contributed by atoms with E-state index in [1.54, 1.807) is 29.0 Å². The molecule has 0 radical (unpaired) electrons. The van der Waals surface area contributed by atoms with E-state index < -0.39 is 0 Å². The average molecular weight is 320 g/mol. The van der Waals surface area contributed by atoms with Crippen LogP contribution in [0.1, 0.15) is 24.5 Å². The molecule has 2 saturated heterocycles. The Kier molecular flexibility index (Phi) is 4.61. The van der Waals surface area contributed by atoms with E-state index in [9.17, 15) is 14.0 Å². The second kappa shape index (κ2) is 6.66. The van der Waals surface area contributed by atoms with E-state index in [0.29, 0.717) is 32.7 Å². The maximum absolute atomic E-state index is 13.0. The van der Waals surface area contributed by atoms with Crippen molar-refractivity contribution in [1.82, 2.24) is 9.80 Å². The van der Waals surface area contributed by atoms with Crippen LogP contribution in [-0.4, -0.2) is 54.9 Å². The first-order valence-electron chi connectivity index (χ1n) is 7.94. The molecule has 124 valence electrons. The molecule has 0 aliphatic carbocycles. The van der Waals surface area contributed by atoms with Crippen molar-refractivity contribution in [3.63, 3.8) is 0 Å². The number of amides is 2. The molecule has 3 rings (SSSR count). The highest BCUT2D eigenvalue weighted by Crippen LogP contribution is 2.26. The zero-order valence-electron chi connectivity index (χ0n) is 13.2. The average Bonchev–Trinajstić information content (AvgIpc) is 2.57. The van der Waals surface area contributed by atoms with Gasteiger partial charge in [-0.25, -0.2) is 4.39 Å². The highest BCUT2D eigenvalue weighted by atomic mass is 19.1. The number of carbonyl (C=O) groups excluding carboxylic acids is 2. The number of benzene rings is 1. The molecule has 2 fully saturated rings. The van der Waals surface area contributed by atoms with Crippen LogP contribution in [0.15, 0.2) is 24.3 Å². The quantitative estimate of drug-likeness (QED) is 0.831. The normalized spacial score (nSPS) is 25.6. The molecular weight excluding hydrogens is 299 g/mol. The van der Waals surface area contributed by atoms with Crippen LogP contribution in [0.25, 0.3) is 0 Å². The molecule has 2 heterocycles. The number of likely N-dealkylation sites (tertiary alicyclic amines) is 1. The molecule has 2 aliphatic rings. The minimum atomic E-state index is -0.290. The number of hydrogen-bond donors (Lipinski definition) is 0. The minimum Gasteiger partial charge on any atom is -0.370 e. The van der Waals surface area contributed by atoms with E-state index in [4.69, 9.17) is 4.74 Å². The summed E-state index contributed by atoms with van der Waals surface area (Å²) in [4.78, 5) is 27.9. The van der Waals surface area contributed by atoms with Crippen molar-refractivity contribution < 1.29 is 18.7 Å². The molecule has 23 heavy (non-hydrogen) atoms. The fraction of sp³-hybridized carbons (Fsp3) is 0.529. The number of ether oxygens (including phenoxy) is 1. The lowest BCUT2D eigenvalue weighted by Gasteiger charge is -2.37. The number of nitrogens with zero attached hydrogens (tertiary/aromatic N) is 2. The number of hydrogen-bond acceptors (Lipinski definition) is 3. The largest absolute Gasteiger partial charge is 0.370 e. The first-order chi connectivity index (χ1) is 11.0. The summed E-state index contributed by atoms with van der Waals surface area (Å²) >= 11 is 0. The van der Waals surface area contributed by atoms with Gasteiger partial charge in [0.15, 0.2) is 0 Å². The Bertz CT molecular complexity index is 590. The molecule has 0 aromatic heterocycles. The van der Waals surface area contributed by atoms with Gasteiger partial charge >= 0.3 is 0 Å². The zero-order chi connectivity index (χ0) is 16.4. The summed E-state index contributed by atoms with van der Waals surface area (Å²) in [6, 6.07) is 6.17. The molecule has 1 aromatic rings. The van der Waals surface area contributed by atoms with Gasteiger partial charge in [0.2, 0.25) is 11.8 Å². The van der Waals surface area contributed by atoms with E-state index >= 15 is 0 Å². The van der Waals surface area contributed by atoms with Gasteiger partial charge in [0, 0.05) is 32.5 Å². The van der Waals surface area contributed by atoms with Crippen LogP contribution >= 0.6 is 0 Å². The summed E-state index contributed by atoms with van der Waals surface area (Å²) in [5.41, 5.74) is 0.864. The lowest BCUT2D eigenvalue weighted by Crippen LogP contribution is -2.48. The molecule has 2 atom stereocenters. The molecule has 0 unspecified atom stereocenters. The molecule has 5 nitrogen and oxygen atoms in total. The van der Waals surface area contributed by atoms with Gasteiger partial charge in [-0.2, -0.15) is 0 Å². The third-order valence-electron chi connectivity index (χ3n) is 4.63.